The molecule has 0 aromatic rings. The van der Waals surface area contributed by atoms with E-state index in [1.54, 1.807) is 0 Å². The Bertz CT molecular complexity index is 286. The van der Waals surface area contributed by atoms with Gasteiger partial charge in [0.15, 0.2) is 0 Å². The molecule has 5 heteroatoms. The van der Waals surface area contributed by atoms with Gasteiger partial charge in [-0.2, -0.15) is 0 Å². The number of sulfonamides is 1. The molecular formula is C11H24N2O2S. The highest BCUT2D eigenvalue weighted by atomic mass is 32.2. The summed E-state index contributed by atoms with van der Waals surface area (Å²) in [6, 6.07) is 0. The predicted molar refractivity (Wildman–Crippen MR) is 66.8 cm³/mol. The summed E-state index contributed by atoms with van der Waals surface area (Å²) in [6.45, 7) is 6.42. The van der Waals surface area contributed by atoms with Crippen molar-refractivity contribution in [3.8, 4) is 0 Å². The van der Waals surface area contributed by atoms with Crippen molar-refractivity contribution in [2.75, 3.05) is 25.4 Å². The zero-order valence-electron chi connectivity index (χ0n) is 10.3. The molecule has 2 N–H and O–H groups in total. The third-order valence-electron chi connectivity index (χ3n) is 3.07. The van der Waals surface area contributed by atoms with E-state index in [2.05, 4.69) is 17.0 Å². The van der Waals surface area contributed by atoms with Crippen molar-refractivity contribution in [2.24, 2.45) is 11.8 Å². The quantitative estimate of drug-likeness (QED) is 0.597. The lowest BCUT2D eigenvalue weighted by Crippen LogP contribution is -2.32. The van der Waals surface area contributed by atoms with Crippen LogP contribution in [0.25, 0.3) is 0 Å². The maximum Gasteiger partial charge on any atom is 0.211 e. The average Bonchev–Trinajstić information content (AvgIpc) is 3.05. The van der Waals surface area contributed by atoms with Gasteiger partial charge >= 0.3 is 0 Å². The third kappa shape index (κ3) is 5.82. The van der Waals surface area contributed by atoms with E-state index in [0.717, 1.165) is 19.0 Å². The lowest BCUT2D eigenvalue weighted by molar-refractivity contribution is 0.491. The first-order chi connectivity index (χ1) is 7.55. The van der Waals surface area contributed by atoms with Crippen molar-refractivity contribution in [1.82, 2.24) is 10.0 Å². The molecule has 1 fully saturated rings. The monoisotopic (exact) mass is 248 g/mol. The minimum absolute atomic E-state index is 0.234. The van der Waals surface area contributed by atoms with Crippen LogP contribution < -0.4 is 10.0 Å². The van der Waals surface area contributed by atoms with Gasteiger partial charge in [0.1, 0.15) is 0 Å². The summed E-state index contributed by atoms with van der Waals surface area (Å²) in [7, 11) is -3.05. The molecule has 0 radical (unpaired) electrons. The predicted octanol–water partition coefficient (Wildman–Crippen LogP) is 0.952. The highest BCUT2D eigenvalue weighted by Gasteiger charge is 2.28. The van der Waals surface area contributed by atoms with Crippen LogP contribution in [0.15, 0.2) is 0 Å². The molecule has 4 nitrogen and oxygen atoms in total. The smallest absolute Gasteiger partial charge is 0.211 e. The maximum atomic E-state index is 11.6. The van der Waals surface area contributed by atoms with E-state index in [1.165, 1.54) is 12.8 Å². The van der Waals surface area contributed by atoms with Crippen LogP contribution in [0.1, 0.15) is 33.1 Å². The van der Waals surface area contributed by atoms with Gasteiger partial charge in [0.05, 0.1) is 5.75 Å². The van der Waals surface area contributed by atoms with Crippen molar-refractivity contribution in [1.29, 1.82) is 0 Å². The van der Waals surface area contributed by atoms with Gasteiger partial charge in [0, 0.05) is 6.54 Å². The topological polar surface area (TPSA) is 58.2 Å². The van der Waals surface area contributed by atoms with Crippen molar-refractivity contribution < 1.29 is 8.42 Å². The van der Waals surface area contributed by atoms with Crippen LogP contribution >= 0.6 is 0 Å². The van der Waals surface area contributed by atoms with Gasteiger partial charge in [0.2, 0.25) is 10.0 Å². The fourth-order valence-electron chi connectivity index (χ4n) is 1.73. The van der Waals surface area contributed by atoms with Gasteiger partial charge in [-0.1, -0.05) is 13.8 Å². The second kappa shape index (κ2) is 6.57. The zero-order chi connectivity index (χ0) is 12.0. The van der Waals surface area contributed by atoms with Gasteiger partial charge in [0.25, 0.3) is 0 Å². The van der Waals surface area contributed by atoms with Gasteiger partial charge in [-0.15, -0.1) is 0 Å². The number of hydrogen-bond acceptors (Lipinski definition) is 3. The minimum Gasteiger partial charge on any atom is -0.317 e. The van der Waals surface area contributed by atoms with E-state index in [0.29, 0.717) is 18.9 Å². The molecule has 0 saturated heterocycles. The Morgan fingerprint density at radius 3 is 2.62 bits per heavy atom. The fraction of sp³-hybridized carbons (Fsp3) is 1.00. The Kier molecular flexibility index (Phi) is 5.72. The van der Waals surface area contributed by atoms with Crippen LogP contribution in [0.3, 0.4) is 0 Å². The molecule has 0 aromatic heterocycles. The second-order valence-electron chi connectivity index (χ2n) is 4.69. The van der Waals surface area contributed by atoms with Crippen LogP contribution in [0.4, 0.5) is 0 Å². The number of rotatable bonds is 9. The van der Waals surface area contributed by atoms with Crippen LogP contribution in [-0.4, -0.2) is 33.8 Å². The van der Waals surface area contributed by atoms with Crippen molar-refractivity contribution in [3.05, 3.63) is 0 Å². The van der Waals surface area contributed by atoms with Crippen LogP contribution in [0.2, 0.25) is 0 Å². The fourth-order valence-corrected chi connectivity index (χ4v) is 2.91. The van der Waals surface area contributed by atoms with Crippen LogP contribution in [-0.2, 0) is 10.0 Å². The average molecular weight is 248 g/mol. The molecule has 16 heavy (non-hydrogen) atoms. The normalized spacial score (nSPS) is 18.6. The summed E-state index contributed by atoms with van der Waals surface area (Å²) in [5.74, 6) is 1.48. The first-order valence-corrected chi connectivity index (χ1v) is 7.88. The summed E-state index contributed by atoms with van der Waals surface area (Å²) in [4.78, 5) is 0. The van der Waals surface area contributed by atoms with E-state index in [4.69, 9.17) is 0 Å². The molecule has 0 aliphatic heterocycles. The highest BCUT2D eigenvalue weighted by molar-refractivity contribution is 7.89. The van der Waals surface area contributed by atoms with Gasteiger partial charge < -0.3 is 5.32 Å². The summed E-state index contributed by atoms with van der Waals surface area (Å²) in [6.07, 6.45) is 3.22. The van der Waals surface area contributed by atoms with Crippen molar-refractivity contribution in [2.45, 2.75) is 33.1 Å². The first kappa shape index (κ1) is 13.9. The van der Waals surface area contributed by atoms with Gasteiger partial charge in [-0.05, 0) is 44.2 Å². The summed E-state index contributed by atoms with van der Waals surface area (Å²) in [5, 5.41) is 3.12. The van der Waals surface area contributed by atoms with E-state index < -0.39 is 10.0 Å². The molecule has 0 heterocycles. The Morgan fingerprint density at radius 2 is 2.06 bits per heavy atom. The highest BCUT2D eigenvalue weighted by Crippen LogP contribution is 2.36. The van der Waals surface area contributed by atoms with Crippen LogP contribution in [0.5, 0.6) is 0 Å². The molecule has 1 rings (SSSR count). The second-order valence-corrected chi connectivity index (χ2v) is 6.62. The minimum atomic E-state index is -3.05. The molecule has 1 saturated carbocycles. The van der Waals surface area contributed by atoms with Gasteiger partial charge in [-0.3, -0.25) is 0 Å². The van der Waals surface area contributed by atoms with E-state index in [-0.39, 0.29) is 5.75 Å². The first-order valence-electron chi connectivity index (χ1n) is 6.23. The molecule has 0 spiro atoms. The Hall–Kier alpha value is -0.130. The van der Waals surface area contributed by atoms with E-state index >= 15 is 0 Å². The Morgan fingerprint density at radius 1 is 1.38 bits per heavy atom. The summed E-state index contributed by atoms with van der Waals surface area (Å²) in [5.41, 5.74) is 0. The molecule has 1 aliphatic rings. The summed E-state index contributed by atoms with van der Waals surface area (Å²) < 4.78 is 25.9. The molecule has 1 unspecified atom stereocenters. The molecule has 0 amide bonds. The third-order valence-corrected chi connectivity index (χ3v) is 4.50. The van der Waals surface area contributed by atoms with E-state index in [1.807, 2.05) is 6.92 Å². The largest absolute Gasteiger partial charge is 0.317 e. The number of nitrogens with one attached hydrogen (secondary N) is 2. The maximum absolute atomic E-state index is 11.6. The SMILES string of the molecule is CCNCCCS(=O)(=O)NCC(C)C1CC1. The standard InChI is InChI=1S/C11H24N2O2S/c1-3-12-7-4-8-16(14,15)13-9-10(2)11-5-6-11/h10-13H,3-9H2,1-2H3. The summed E-state index contributed by atoms with van der Waals surface area (Å²) >= 11 is 0. The lowest BCUT2D eigenvalue weighted by Gasteiger charge is -2.11. The van der Waals surface area contributed by atoms with Crippen molar-refractivity contribution >= 4 is 10.0 Å². The van der Waals surface area contributed by atoms with Gasteiger partial charge in [-0.25, -0.2) is 13.1 Å². The molecule has 1 atom stereocenters. The molecule has 0 bridgehead atoms. The molecule has 96 valence electrons. The van der Waals surface area contributed by atoms with Crippen LogP contribution in [0, 0.1) is 11.8 Å². The Balaban J connectivity index is 2.12. The zero-order valence-corrected chi connectivity index (χ0v) is 11.1. The molecular weight excluding hydrogens is 224 g/mol. The number of hydrogen-bond donors (Lipinski definition) is 2. The lowest BCUT2D eigenvalue weighted by atomic mass is 10.1. The van der Waals surface area contributed by atoms with Crippen molar-refractivity contribution in [3.63, 3.8) is 0 Å². The Labute approximate surface area is 99.2 Å². The molecule has 1 aliphatic carbocycles. The van der Waals surface area contributed by atoms with E-state index in [9.17, 15) is 8.42 Å². The molecule has 0 aromatic carbocycles.